The minimum absolute atomic E-state index is 0.124. The molecule has 0 saturated carbocycles. The monoisotopic (exact) mass is 427 g/mol. The van der Waals surface area contributed by atoms with Gasteiger partial charge in [-0.05, 0) is 86.2 Å². The van der Waals surface area contributed by atoms with Crippen molar-refractivity contribution in [1.82, 2.24) is 16.0 Å². The number of oxime groups is 2. The molecule has 0 aromatic rings. The van der Waals surface area contributed by atoms with E-state index in [0.717, 1.165) is 45.2 Å². The van der Waals surface area contributed by atoms with Crippen LogP contribution in [-0.2, 0) is 4.79 Å². The van der Waals surface area contributed by atoms with E-state index in [0.29, 0.717) is 30.3 Å². The number of hydrogen-bond donors (Lipinski definition) is 5. The summed E-state index contributed by atoms with van der Waals surface area (Å²) in [4.78, 5) is 11.9. The molecule has 0 aliphatic rings. The van der Waals surface area contributed by atoms with Gasteiger partial charge in [-0.25, -0.2) is 0 Å². The number of hydrogen-bond acceptors (Lipinski definition) is 7. The first-order valence-electron chi connectivity index (χ1n) is 11.1. The van der Waals surface area contributed by atoms with Crippen LogP contribution >= 0.6 is 0 Å². The van der Waals surface area contributed by atoms with E-state index in [4.69, 9.17) is 10.4 Å². The van der Waals surface area contributed by atoms with Crippen LogP contribution in [0.25, 0.3) is 0 Å². The molecule has 0 saturated heterocycles. The molecule has 0 aromatic carbocycles. The van der Waals surface area contributed by atoms with Gasteiger partial charge in [0.2, 0.25) is 5.91 Å². The third kappa shape index (κ3) is 11.5. The van der Waals surface area contributed by atoms with Crippen molar-refractivity contribution in [3.05, 3.63) is 0 Å². The maximum Gasteiger partial charge on any atom is 0.219 e. The van der Waals surface area contributed by atoms with Gasteiger partial charge < -0.3 is 26.4 Å². The van der Waals surface area contributed by atoms with Gasteiger partial charge in [0.25, 0.3) is 0 Å². The summed E-state index contributed by atoms with van der Waals surface area (Å²) >= 11 is 0. The van der Waals surface area contributed by atoms with Crippen molar-refractivity contribution in [3.8, 4) is 0 Å². The maximum atomic E-state index is 11.9. The molecular weight excluding hydrogens is 382 g/mol. The number of unbranched alkanes of at least 4 members (excludes halogenated alkanes) is 1. The van der Waals surface area contributed by atoms with Gasteiger partial charge in [-0.15, -0.1) is 0 Å². The van der Waals surface area contributed by atoms with E-state index in [9.17, 15) is 4.79 Å². The van der Waals surface area contributed by atoms with Gasteiger partial charge in [0.05, 0.1) is 22.5 Å². The van der Waals surface area contributed by atoms with Gasteiger partial charge in [-0.3, -0.25) is 4.79 Å². The SMILES string of the molecule is CCCCC(=O)NCCC(CCNC(C)(C)/C(C)=N\O)CCNC(C)(C)/C(C)=N\O. The Hall–Kier alpha value is -1.67. The molecule has 0 rings (SSSR count). The first kappa shape index (κ1) is 28.3. The third-order valence-corrected chi connectivity index (χ3v) is 5.98. The molecule has 0 aromatic heterocycles. The molecule has 176 valence electrons. The normalized spacial score (nSPS) is 13.7. The van der Waals surface area contributed by atoms with Crippen molar-refractivity contribution in [2.24, 2.45) is 16.2 Å². The lowest BCUT2D eigenvalue weighted by Crippen LogP contribution is -2.47. The lowest BCUT2D eigenvalue weighted by Gasteiger charge is -2.28. The van der Waals surface area contributed by atoms with Gasteiger partial charge >= 0.3 is 0 Å². The molecule has 8 nitrogen and oxygen atoms in total. The van der Waals surface area contributed by atoms with Crippen molar-refractivity contribution in [2.75, 3.05) is 19.6 Å². The second-order valence-corrected chi connectivity index (χ2v) is 9.16. The fraction of sp³-hybridized carbons (Fsp3) is 0.864. The molecule has 0 spiro atoms. The zero-order valence-electron chi connectivity index (χ0n) is 20.1. The van der Waals surface area contributed by atoms with Gasteiger partial charge in [-0.1, -0.05) is 23.7 Å². The third-order valence-electron chi connectivity index (χ3n) is 5.98. The summed E-state index contributed by atoms with van der Waals surface area (Å²) in [6.45, 7) is 15.9. The van der Waals surface area contributed by atoms with Crippen molar-refractivity contribution >= 4 is 17.3 Å². The highest BCUT2D eigenvalue weighted by Crippen LogP contribution is 2.15. The molecule has 0 aliphatic carbocycles. The Balaban J connectivity index is 4.70. The van der Waals surface area contributed by atoms with Crippen LogP contribution in [0.3, 0.4) is 0 Å². The fourth-order valence-corrected chi connectivity index (χ4v) is 2.96. The van der Waals surface area contributed by atoms with Crippen LogP contribution in [0.2, 0.25) is 0 Å². The minimum atomic E-state index is -0.372. The van der Waals surface area contributed by atoms with E-state index >= 15 is 0 Å². The number of amides is 1. The van der Waals surface area contributed by atoms with Crippen LogP contribution in [0.1, 0.15) is 87.0 Å². The predicted octanol–water partition coefficient (Wildman–Crippen LogP) is 3.52. The highest BCUT2D eigenvalue weighted by atomic mass is 16.4. The highest BCUT2D eigenvalue weighted by Gasteiger charge is 2.23. The van der Waals surface area contributed by atoms with Crippen molar-refractivity contribution in [3.63, 3.8) is 0 Å². The van der Waals surface area contributed by atoms with Crippen LogP contribution in [0.15, 0.2) is 10.3 Å². The quantitative estimate of drug-likeness (QED) is 0.147. The Bertz CT molecular complexity index is 523. The number of carbonyl (C=O) groups excluding carboxylic acids is 1. The number of nitrogens with one attached hydrogen (secondary N) is 3. The molecule has 0 unspecified atom stereocenters. The largest absolute Gasteiger partial charge is 0.411 e. The summed E-state index contributed by atoms with van der Waals surface area (Å²) in [5.74, 6) is 0.541. The topological polar surface area (TPSA) is 118 Å². The summed E-state index contributed by atoms with van der Waals surface area (Å²) < 4.78 is 0. The predicted molar refractivity (Wildman–Crippen MR) is 124 cm³/mol. The lowest BCUT2D eigenvalue weighted by atomic mass is 9.94. The zero-order chi connectivity index (χ0) is 23.2. The van der Waals surface area contributed by atoms with Crippen molar-refractivity contribution in [1.29, 1.82) is 0 Å². The molecule has 30 heavy (non-hydrogen) atoms. The van der Waals surface area contributed by atoms with Crippen molar-refractivity contribution < 1.29 is 15.2 Å². The van der Waals surface area contributed by atoms with Crippen LogP contribution in [0, 0.1) is 5.92 Å². The smallest absolute Gasteiger partial charge is 0.219 e. The lowest BCUT2D eigenvalue weighted by molar-refractivity contribution is -0.121. The van der Waals surface area contributed by atoms with Crippen LogP contribution in [0.4, 0.5) is 0 Å². The Morgan fingerprint density at radius 1 is 0.867 bits per heavy atom. The van der Waals surface area contributed by atoms with Gasteiger partial charge in [-0.2, -0.15) is 0 Å². The Kier molecular flexibility index (Phi) is 13.6. The summed E-state index contributed by atoms with van der Waals surface area (Å²) in [5, 5.41) is 34.6. The van der Waals surface area contributed by atoms with Crippen LogP contribution < -0.4 is 16.0 Å². The summed E-state index contributed by atoms with van der Waals surface area (Å²) in [7, 11) is 0. The van der Waals surface area contributed by atoms with Crippen LogP contribution in [-0.4, -0.2) is 58.5 Å². The highest BCUT2D eigenvalue weighted by molar-refractivity contribution is 5.90. The van der Waals surface area contributed by atoms with E-state index in [1.165, 1.54) is 0 Å². The summed E-state index contributed by atoms with van der Waals surface area (Å²) in [6.07, 6.45) is 5.33. The molecule has 0 atom stereocenters. The number of rotatable bonds is 16. The molecule has 5 N–H and O–H groups in total. The second kappa shape index (κ2) is 14.4. The molecule has 0 fully saturated rings. The maximum absolute atomic E-state index is 11.9. The van der Waals surface area contributed by atoms with E-state index in [1.807, 2.05) is 27.7 Å². The molecule has 0 bridgehead atoms. The fourth-order valence-electron chi connectivity index (χ4n) is 2.96. The summed E-state index contributed by atoms with van der Waals surface area (Å²) in [5.41, 5.74) is 0.541. The van der Waals surface area contributed by atoms with E-state index in [1.54, 1.807) is 13.8 Å². The molecular formula is C22H45N5O3. The number of nitrogens with zero attached hydrogens (tertiary/aromatic N) is 2. The molecule has 8 heteroatoms. The number of carbonyl (C=O) groups is 1. The Morgan fingerprint density at radius 2 is 1.30 bits per heavy atom. The molecule has 0 aliphatic heterocycles. The minimum Gasteiger partial charge on any atom is -0.411 e. The average molecular weight is 428 g/mol. The van der Waals surface area contributed by atoms with Crippen molar-refractivity contribution in [2.45, 2.75) is 98.1 Å². The standard InChI is InChI=1S/C22H45N5O3/c1-8-9-10-20(28)23-14-11-19(12-15-24-21(4,5)17(2)26-29)13-16-25-22(6,7)18(3)27-30/h19,24-25,29-30H,8-16H2,1-7H3,(H,23,28)/b26-17-,27-18-. The summed E-state index contributed by atoms with van der Waals surface area (Å²) in [6, 6.07) is 0. The van der Waals surface area contributed by atoms with Gasteiger partial charge in [0.15, 0.2) is 0 Å². The van der Waals surface area contributed by atoms with Gasteiger partial charge in [0, 0.05) is 13.0 Å². The molecule has 0 heterocycles. The van der Waals surface area contributed by atoms with E-state index in [-0.39, 0.29) is 17.0 Å². The first-order valence-corrected chi connectivity index (χ1v) is 11.1. The zero-order valence-corrected chi connectivity index (χ0v) is 20.1. The average Bonchev–Trinajstić information content (AvgIpc) is 2.70. The Labute approximate surface area is 183 Å². The second-order valence-electron chi connectivity index (χ2n) is 9.16. The Morgan fingerprint density at radius 3 is 1.70 bits per heavy atom. The van der Waals surface area contributed by atoms with E-state index in [2.05, 4.69) is 33.2 Å². The molecule has 0 radical (unpaired) electrons. The van der Waals surface area contributed by atoms with Gasteiger partial charge in [0.1, 0.15) is 0 Å². The molecule has 1 amide bonds. The van der Waals surface area contributed by atoms with Crippen LogP contribution in [0.5, 0.6) is 0 Å². The first-order chi connectivity index (χ1) is 14.0. The van der Waals surface area contributed by atoms with E-state index < -0.39 is 0 Å².